The van der Waals surface area contributed by atoms with Gasteiger partial charge in [0.2, 0.25) is 0 Å². The fourth-order valence-corrected chi connectivity index (χ4v) is 2.15. The molecule has 0 bridgehead atoms. The van der Waals surface area contributed by atoms with Gasteiger partial charge in [-0.25, -0.2) is 4.98 Å². The zero-order valence-electron chi connectivity index (χ0n) is 9.64. The number of methoxy groups -OCH3 is 1. The Morgan fingerprint density at radius 3 is 2.83 bits per heavy atom. The number of esters is 1. The highest BCUT2D eigenvalue weighted by Gasteiger charge is 2.06. The highest BCUT2D eigenvalue weighted by Crippen LogP contribution is 2.22. The van der Waals surface area contributed by atoms with Crippen molar-refractivity contribution in [3.05, 3.63) is 35.5 Å². The molecule has 0 spiro atoms. The summed E-state index contributed by atoms with van der Waals surface area (Å²) in [6, 6.07) is 7.45. The van der Waals surface area contributed by atoms with Crippen LogP contribution < -0.4 is 0 Å². The van der Waals surface area contributed by atoms with Crippen LogP contribution in [0.25, 0.3) is 11.3 Å². The summed E-state index contributed by atoms with van der Waals surface area (Å²) in [7, 11) is 1.37. The standard InChI is InChI=1S/C12H11ClN2O2S/c1-17-11(16)7-18-12-14-6-10(15-12)8-2-4-9(13)5-3-8/h2-6H,7H2,1H3,(H,14,15). The first-order valence-electron chi connectivity index (χ1n) is 5.19. The SMILES string of the molecule is COC(=O)CSc1ncc(-c2ccc(Cl)cc2)[nH]1. The molecule has 2 aromatic rings. The lowest BCUT2D eigenvalue weighted by molar-refractivity contribution is -0.137. The molecule has 0 radical (unpaired) electrons. The number of ether oxygens (including phenoxy) is 1. The van der Waals surface area contributed by atoms with Crippen molar-refractivity contribution in [2.24, 2.45) is 0 Å². The maximum Gasteiger partial charge on any atom is 0.316 e. The Bertz CT molecular complexity index is 539. The van der Waals surface area contributed by atoms with Gasteiger partial charge in [-0.05, 0) is 17.7 Å². The highest BCUT2D eigenvalue weighted by atomic mass is 35.5. The van der Waals surface area contributed by atoms with E-state index in [-0.39, 0.29) is 11.7 Å². The average Bonchev–Trinajstić information content (AvgIpc) is 2.85. The summed E-state index contributed by atoms with van der Waals surface area (Å²) in [5.74, 6) is -0.0335. The summed E-state index contributed by atoms with van der Waals surface area (Å²) in [6.45, 7) is 0. The number of aromatic nitrogens is 2. The number of rotatable bonds is 4. The molecule has 1 aromatic carbocycles. The van der Waals surface area contributed by atoms with Crippen molar-refractivity contribution in [3.63, 3.8) is 0 Å². The van der Waals surface area contributed by atoms with E-state index < -0.39 is 0 Å². The summed E-state index contributed by atoms with van der Waals surface area (Å²) >= 11 is 7.13. The molecule has 6 heteroatoms. The van der Waals surface area contributed by atoms with E-state index in [1.165, 1.54) is 18.9 Å². The Kier molecular flexibility index (Phi) is 4.28. The number of hydrogen-bond acceptors (Lipinski definition) is 4. The van der Waals surface area contributed by atoms with Crippen molar-refractivity contribution < 1.29 is 9.53 Å². The van der Waals surface area contributed by atoms with E-state index in [1.54, 1.807) is 6.20 Å². The maximum absolute atomic E-state index is 11.0. The molecule has 4 nitrogen and oxygen atoms in total. The molecule has 0 saturated carbocycles. The Labute approximate surface area is 114 Å². The predicted molar refractivity (Wildman–Crippen MR) is 71.8 cm³/mol. The summed E-state index contributed by atoms with van der Waals surface area (Å²) in [5.41, 5.74) is 1.89. The summed E-state index contributed by atoms with van der Waals surface area (Å²) in [4.78, 5) is 18.3. The van der Waals surface area contributed by atoms with Crippen LogP contribution >= 0.6 is 23.4 Å². The number of hydrogen-bond donors (Lipinski definition) is 1. The first-order valence-corrected chi connectivity index (χ1v) is 6.56. The maximum atomic E-state index is 11.0. The minimum atomic E-state index is -0.274. The zero-order chi connectivity index (χ0) is 13.0. The van der Waals surface area contributed by atoms with Gasteiger partial charge in [-0.2, -0.15) is 0 Å². The topological polar surface area (TPSA) is 55.0 Å². The van der Waals surface area contributed by atoms with E-state index in [9.17, 15) is 4.79 Å². The normalized spacial score (nSPS) is 10.3. The molecule has 94 valence electrons. The number of carbonyl (C=O) groups is 1. The van der Waals surface area contributed by atoms with Gasteiger partial charge in [0.05, 0.1) is 24.8 Å². The molecule has 0 saturated heterocycles. The second kappa shape index (κ2) is 5.93. The van der Waals surface area contributed by atoms with Gasteiger partial charge in [0.25, 0.3) is 0 Å². The first kappa shape index (κ1) is 13.0. The highest BCUT2D eigenvalue weighted by molar-refractivity contribution is 7.99. The minimum absolute atomic E-state index is 0.240. The van der Waals surface area contributed by atoms with Crippen molar-refractivity contribution >= 4 is 29.3 Å². The summed E-state index contributed by atoms with van der Waals surface area (Å²) in [5, 5.41) is 1.38. The number of H-pyrrole nitrogens is 1. The number of nitrogens with one attached hydrogen (secondary N) is 1. The Balaban J connectivity index is 2.06. The predicted octanol–water partition coefficient (Wildman–Crippen LogP) is 3.00. The van der Waals surface area contributed by atoms with Gasteiger partial charge < -0.3 is 9.72 Å². The van der Waals surface area contributed by atoms with Crippen LogP contribution in [0.2, 0.25) is 5.02 Å². The van der Waals surface area contributed by atoms with Gasteiger partial charge >= 0.3 is 5.97 Å². The number of benzene rings is 1. The van der Waals surface area contributed by atoms with Crippen LogP contribution in [0.4, 0.5) is 0 Å². The fourth-order valence-electron chi connectivity index (χ4n) is 1.34. The lowest BCUT2D eigenvalue weighted by Gasteiger charge is -1.98. The smallest absolute Gasteiger partial charge is 0.316 e. The van der Waals surface area contributed by atoms with Crippen LogP contribution in [-0.4, -0.2) is 28.8 Å². The number of aromatic amines is 1. The van der Waals surface area contributed by atoms with Gasteiger partial charge in [-0.1, -0.05) is 35.5 Å². The number of thioether (sulfide) groups is 1. The lowest BCUT2D eigenvalue weighted by Crippen LogP contribution is -2.03. The van der Waals surface area contributed by atoms with Crippen molar-refractivity contribution in [2.45, 2.75) is 5.16 Å². The molecule has 1 N–H and O–H groups in total. The molecule has 1 aromatic heterocycles. The molecule has 0 atom stereocenters. The number of halogens is 1. The molecule has 0 amide bonds. The number of imidazole rings is 1. The van der Waals surface area contributed by atoms with Gasteiger partial charge in [0.1, 0.15) is 0 Å². The Morgan fingerprint density at radius 1 is 1.44 bits per heavy atom. The van der Waals surface area contributed by atoms with Gasteiger partial charge in [0.15, 0.2) is 5.16 Å². The van der Waals surface area contributed by atoms with Gasteiger partial charge in [-0.15, -0.1) is 0 Å². The van der Waals surface area contributed by atoms with Crippen molar-refractivity contribution in [1.29, 1.82) is 0 Å². The lowest BCUT2D eigenvalue weighted by atomic mass is 10.2. The third-order valence-corrected chi connectivity index (χ3v) is 3.38. The van der Waals surface area contributed by atoms with Crippen molar-refractivity contribution in [2.75, 3.05) is 12.9 Å². The fraction of sp³-hybridized carbons (Fsp3) is 0.167. The van der Waals surface area contributed by atoms with E-state index in [0.717, 1.165) is 11.3 Å². The molecule has 1 heterocycles. The molecule has 0 aliphatic heterocycles. The van der Waals surface area contributed by atoms with E-state index in [0.29, 0.717) is 10.2 Å². The van der Waals surface area contributed by atoms with Crippen LogP contribution in [0.15, 0.2) is 35.6 Å². The largest absolute Gasteiger partial charge is 0.468 e. The zero-order valence-corrected chi connectivity index (χ0v) is 11.2. The van der Waals surface area contributed by atoms with Gasteiger partial charge in [-0.3, -0.25) is 4.79 Å². The average molecular weight is 283 g/mol. The molecular weight excluding hydrogens is 272 g/mol. The quantitative estimate of drug-likeness (QED) is 0.692. The third kappa shape index (κ3) is 3.27. The van der Waals surface area contributed by atoms with E-state index in [4.69, 9.17) is 11.6 Å². The number of carbonyl (C=O) groups excluding carboxylic acids is 1. The van der Waals surface area contributed by atoms with E-state index in [1.807, 2.05) is 24.3 Å². The second-order valence-corrected chi connectivity index (χ2v) is 4.87. The summed E-state index contributed by atoms with van der Waals surface area (Å²) in [6.07, 6.45) is 1.73. The molecule has 0 aliphatic carbocycles. The van der Waals surface area contributed by atoms with Crippen LogP contribution in [0, 0.1) is 0 Å². The monoisotopic (exact) mass is 282 g/mol. The van der Waals surface area contributed by atoms with Crippen LogP contribution in [0.5, 0.6) is 0 Å². The van der Waals surface area contributed by atoms with Crippen molar-refractivity contribution in [3.8, 4) is 11.3 Å². The van der Waals surface area contributed by atoms with E-state index in [2.05, 4.69) is 14.7 Å². The number of nitrogens with zero attached hydrogens (tertiary/aromatic N) is 1. The Hall–Kier alpha value is -1.46. The molecule has 0 fully saturated rings. The van der Waals surface area contributed by atoms with Gasteiger partial charge in [0, 0.05) is 5.02 Å². The minimum Gasteiger partial charge on any atom is -0.468 e. The first-order chi connectivity index (χ1) is 8.69. The second-order valence-electron chi connectivity index (χ2n) is 3.47. The summed E-state index contributed by atoms with van der Waals surface area (Å²) < 4.78 is 4.56. The molecular formula is C12H11ClN2O2S. The van der Waals surface area contributed by atoms with E-state index >= 15 is 0 Å². The molecule has 18 heavy (non-hydrogen) atoms. The molecule has 0 aliphatic rings. The third-order valence-electron chi connectivity index (χ3n) is 2.26. The van der Waals surface area contributed by atoms with Crippen LogP contribution in [0.3, 0.4) is 0 Å². The Morgan fingerprint density at radius 2 is 2.17 bits per heavy atom. The molecule has 0 unspecified atom stereocenters. The molecule has 2 rings (SSSR count). The van der Waals surface area contributed by atoms with Crippen molar-refractivity contribution in [1.82, 2.24) is 9.97 Å². The van der Waals surface area contributed by atoms with Crippen LogP contribution in [0.1, 0.15) is 0 Å². The van der Waals surface area contributed by atoms with Crippen LogP contribution in [-0.2, 0) is 9.53 Å².